The Labute approximate surface area is 307 Å². The molecule has 0 aliphatic heterocycles. The van der Waals surface area contributed by atoms with Crippen LogP contribution in [0.4, 0.5) is 24.8 Å². The number of hydrogen-bond acceptors (Lipinski definition) is 7. The van der Waals surface area contributed by atoms with Crippen LogP contribution in [0.15, 0.2) is 120 Å². The highest BCUT2D eigenvalue weighted by atomic mass is 19.6. The molecule has 274 valence electrons. The van der Waals surface area contributed by atoms with Crippen molar-refractivity contribution in [2.45, 2.75) is 19.9 Å². The molecule has 2 amide bonds. The van der Waals surface area contributed by atoms with Gasteiger partial charge in [-0.05, 0) is 84.3 Å². The van der Waals surface area contributed by atoms with E-state index in [2.05, 4.69) is 39.8 Å². The monoisotopic (exact) mass is 736 g/mol. The van der Waals surface area contributed by atoms with E-state index in [0.29, 0.717) is 17.0 Å². The first-order chi connectivity index (χ1) is 25.9. The summed E-state index contributed by atoms with van der Waals surface area (Å²) in [5.41, 5.74) is 4.43. The van der Waals surface area contributed by atoms with Gasteiger partial charge >= 0.3 is 5.97 Å². The molecule has 14 heteroatoms. The van der Waals surface area contributed by atoms with Crippen molar-refractivity contribution in [3.8, 4) is 39.8 Å². The number of nitrogens with one attached hydrogen (secondary N) is 1. The number of methoxy groups -OCH3 is 1. The van der Waals surface area contributed by atoms with Gasteiger partial charge in [-0.3, -0.25) is 14.4 Å². The molecule has 6 aromatic rings. The van der Waals surface area contributed by atoms with E-state index in [1.54, 1.807) is 24.3 Å². The van der Waals surface area contributed by atoms with Crippen molar-refractivity contribution in [1.82, 2.24) is 20.2 Å². The first kappa shape index (κ1) is 37.0. The molecule has 0 spiro atoms. The topological polar surface area (TPSA) is 135 Å². The molecular weight excluding hydrogens is 703 g/mol. The molecule has 1 aromatic heterocycles. The molecule has 0 unspecified atom stereocenters. The van der Waals surface area contributed by atoms with Gasteiger partial charge in [-0.2, -0.15) is 0 Å². The highest BCUT2D eigenvalue weighted by Gasteiger charge is 2.39. The van der Waals surface area contributed by atoms with Crippen molar-refractivity contribution >= 4 is 29.2 Å². The third kappa shape index (κ3) is 8.97. The number of nitrogens with zero attached hydrogens (tertiary/aromatic N) is 4. The van der Waals surface area contributed by atoms with Crippen molar-refractivity contribution in [3.63, 3.8) is 0 Å². The highest BCUT2D eigenvalue weighted by Crippen LogP contribution is 2.34. The van der Waals surface area contributed by atoms with Crippen molar-refractivity contribution in [2.24, 2.45) is 0 Å². The average Bonchev–Trinajstić information content (AvgIpc) is 3.65. The van der Waals surface area contributed by atoms with Crippen LogP contribution in [-0.4, -0.2) is 51.6 Å². The third-order valence-electron chi connectivity index (χ3n) is 8.46. The number of hydrogen-bond donors (Lipinski definition) is 2. The second kappa shape index (κ2) is 15.8. The molecule has 2 N–H and O–H groups in total. The minimum absolute atomic E-state index is 0.00607. The maximum atomic E-state index is 13.5. The van der Waals surface area contributed by atoms with Crippen LogP contribution in [-0.2, 0) is 22.6 Å². The van der Waals surface area contributed by atoms with Crippen LogP contribution in [0.1, 0.15) is 27.0 Å². The number of halogens is 3. The Morgan fingerprint density at radius 3 is 1.89 bits per heavy atom. The molecule has 0 fully saturated rings. The first-order valence-corrected chi connectivity index (χ1v) is 16.5. The fourth-order valence-corrected chi connectivity index (χ4v) is 5.66. The van der Waals surface area contributed by atoms with Gasteiger partial charge in [0.15, 0.2) is 0 Å². The predicted molar refractivity (Wildman–Crippen MR) is 195 cm³/mol. The number of aromatic nitrogens is 2. The quantitative estimate of drug-likeness (QED) is 0.113. The Morgan fingerprint density at radius 1 is 0.778 bits per heavy atom. The summed E-state index contributed by atoms with van der Waals surface area (Å²) in [5, 5.41) is 16.5. The van der Waals surface area contributed by atoms with E-state index in [1.807, 2.05) is 31.2 Å². The molecule has 54 heavy (non-hydrogen) atoms. The maximum Gasteiger partial charge on any atom is 0.323 e. The van der Waals surface area contributed by atoms with E-state index < -0.39 is 41.6 Å². The zero-order valence-electron chi connectivity index (χ0n) is 29.0. The minimum atomic E-state index is -3.99. The van der Waals surface area contributed by atoms with E-state index in [4.69, 9.17) is 9.15 Å². The molecule has 0 atom stereocenters. The van der Waals surface area contributed by atoms with E-state index in [-0.39, 0.29) is 35.0 Å². The molecule has 6 rings (SSSR count). The van der Waals surface area contributed by atoms with Gasteiger partial charge in [0.1, 0.15) is 12.3 Å². The summed E-state index contributed by atoms with van der Waals surface area (Å²) in [6.45, 7) is 1.42. The number of rotatable bonds is 13. The van der Waals surface area contributed by atoms with Crippen LogP contribution in [0, 0.1) is 6.92 Å². The summed E-state index contributed by atoms with van der Waals surface area (Å²) in [4.78, 5) is 38.9. The fraction of sp³-hybridized carbons (Fsp3) is 0.125. The lowest BCUT2D eigenvalue weighted by atomic mass is 10.0. The van der Waals surface area contributed by atoms with Crippen LogP contribution in [0.3, 0.4) is 0 Å². The molecular formula is C40H33F3N5O6+. The Morgan fingerprint density at radius 2 is 1.33 bits per heavy atom. The number of carboxylic acid groups (broad SMARTS) is 1. The summed E-state index contributed by atoms with van der Waals surface area (Å²) in [6.07, 6.45) is -0.570. The highest BCUT2D eigenvalue weighted by molar-refractivity contribution is 5.97. The number of benzene rings is 5. The van der Waals surface area contributed by atoms with E-state index in [0.717, 1.165) is 27.7 Å². The Kier molecular flexibility index (Phi) is 10.8. The second-order valence-electron chi connectivity index (χ2n) is 12.3. The number of carbonyl (C=O) groups is 3. The summed E-state index contributed by atoms with van der Waals surface area (Å²) >= 11 is 0. The Hall–Kier alpha value is -6.80. The molecule has 0 bridgehead atoms. The average molecular weight is 737 g/mol. The zero-order valence-corrected chi connectivity index (χ0v) is 29.0. The molecule has 11 nitrogen and oxygen atoms in total. The summed E-state index contributed by atoms with van der Waals surface area (Å²) in [6, 6.07) is 31.8. The number of amides is 2. The molecule has 1 heterocycles. The van der Waals surface area contributed by atoms with Crippen molar-refractivity contribution < 1.29 is 42.1 Å². The molecule has 5 aromatic carbocycles. The van der Waals surface area contributed by atoms with Gasteiger partial charge in [-0.1, -0.05) is 54.1 Å². The predicted octanol–water partition coefficient (Wildman–Crippen LogP) is 8.26. The number of carboxylic acids is 1. The largest absolute Gasteiger partial charge is 0.497 e. The van der Waals surface area contributed by atoms with Gasteiger partial charge < -0.3 is 24.5 Å². The van der Waals surface area contributed by atoms with Gasteiger partial charge in [0.2, 0.25) is 17.7 Å². The van der Waals surface area contributed by atoms with E-state index >= 15 is 0 Å². The van der Waals surface area contributed by atoms with Gasteiger partial charge in [0.05, 0.1) is 33.0 Å². The standard InChI is InChI=1S/C40H32F3N5O6/c1-25-3-7-27(8-4-25)28-11-13-30(14-12-28)39-46-45-38(54-39)29-9-5-26(6-10-29)23-47(24-37(50)51)40(52)31-15-18-33(19-16-31)44-36(49)21-32-17-20-34(53-2)22-35(32)48(41,42)43/h3-20,22H,21,23-24H2,1-2H3,(H-,44,49,50,51,52)/p+1. The van der Waals surface area contributed by atoms with E-state index in [9.17, 15) is 32.9 Å². The SMILES string of the molecule is COc1ccc(CC(=O)Nc2ccc(C(=O)N(CC(=O)O)Cc3ccc(-c4nnc(-c5ccc(-c6ccc(C)cc6)cc5)o4)cc3)cc2)c([N+](F)(F)F)c1. The lowest BCUT2D eigenvalue weighted by Crippen LogP contribution is -2.35. The summed E-state index contributed by atoms with van der Waals surface area (Å²) in [7, 11) is 1.24. The number of quaternary nitrogens is 1. The number of carbonyl (C=O) groups excluding carboxylic acids is 2. The third-order valence-corrected chi connectivity index (χ3v) is 8.46. The number of aliphatic carboxylic acids is 1. The lowest BCUT2D eigenvalue weighted by Gasteiger charge is -2.21. The van der Waals surface area contributed by atoms with Crippen molar-refractivity contribution in [1.29, 1.82) is 0 Å². The maximum absolute atomic E-state index is 13.5. The van der Waals surface area contributed by atoms with Crippen LogP contribution < -0.4 is 15.2 Å². The normalized spacial score (nSPS) is 11.2. The number of aryl methyl sites for hydroxylation is 1. The van der Waals surface area contributed by atoms with E-state index in [1.165, 1.54) is 49.1 Å². The zero-order chi connectivity index (χ0) is 38.4. The van der Waals surface area contributed by atoms with Crippen LogP contribution in [0.2, 0.25) is 0 Å². The van der Waals surface area contributed by atoms with Crippen LogP contribution >= 0.6 is 0 Å². The van der Waals surface area contributed by atoms with Gasteiger partial charge in [-0.15, -0.1) is 10.2 Å². The van der Waals surface area contributed by atoms with Crippen molar-refractivity contribution in [3.05, 3.63) is 138 Å². The summed E-state index contributed by atoms with van der Waals surface area (Å²) in [5.74, 6) is -1.89. The van der Waals surface area contributed by atoms with Crippen LogP contribution in [0.25, 0.3) is 34.0 Å². The molecule has 0 aliphatic carbocycles. The van der Waals surface area contributed by atoms with Crippen molar-refractivity contribution in [2.75, 3.05) is 19.0 Å². The molecule has 0 saturated heterocycles. The molecule has 0 radical (unpaired) electrons. The van der Waals surface area contributed by atoms with Gasteiger partial charge in [0.25, 0.3) is 16.7 Å². The number of ether oxygens (including phenoxy) is 1. The van der Waals surface area contributed by atoms with Gasteiger partial charge in [0, 0.05) is 34.5 Å². The first-order valence-electron chi connectivity index (χ1n) is 16.5. The minimum Gasteiger partial charge on any atom is -0.497 e. The Balaban J connectivity index is 1.09. The number of anilines is 1. The molecule has 0 saturated carbocycles. The van der Waals surface area contributed by atoms with Crippen LogP contribution in [0.5, 0.6) is 5.75 Å². The molecule has 0 aliphatic rings. The Bertz CT molecular complexity index is 2270. The summed E-state index contributed by atoms with van der Waals surface area (Å²) < 4.78 is 51.3. The van der Waals surface area contributed by atoms with Gasteiger partial charge in [-0.25, -0.2) is 0 Å². The lowest BCUT2D eigenvalue weighted by molar-refractivity contribution is -0.279. The fourth-order valence-electron chi connectivity index (χ4n) is 5.66. The smallest absolute Gasteiger partial charge is 0.323 e. The second-order valence-corrected chi connectivity index (χ2v) is 12.3.